The van der Waals surface area contributed by atoms with E-state index in [1.165, 1.54) is 39.0 Å². The fraction of sp³-hybridized carbons (Fsp3) is 0.750. The molecule has 12 nitrogen and oxygen atoms in total. The van der Waals surface area contributed by atoms with Crippen LogP contribution in [0.2, 0.25) is 0 Å². The van der Waals surface area contributed by atoms with Crippen LogP contribution >= 0.6 is 0 Å². The lowest BCUT2D eigenvalue weighted by Gasteiger charge is -2.38. The Morgan fingerprint density at radius 1 is 1.08 bits per heavy atom. The summed E-state index contributed by atoms with van der Waals surface area (Å²) >= 11 is 0. The molecule has 0 bridgehead atoms. The topological polar surface area (TPSA) is 207 Å². The first-order chi connectivity index (χ1) is 17.1. The Bertz CT molecular complexity index is 769. The van der Waals surface area contributed by atoms with Crippen molar-refractivity contribution in [1.29, 1.82) is 0 Å². The maximum absolute atomic E-state index is 12.0. The number of nitrogens with two attached hydrogens (primary N) is 2. The number of carbonyl (C=O) groups excluding carboxylic acids is 2. The van der Waals surface area contributed by atoms with E-state index in [2.05, 4.69) is 17.2 Å². The van der Waals surface area contributed by atoms with Gasteiger partial charge in [0.1, 0.15) is 24.9 Å². The summed E-state index contributed by atoms with van der Waals surface area (Å²) in [6.45, 7) is 2.85. The van der Waals surface area contributed by atoms with Gasteiger partial charge < -0.3 is 41.6 Å². The van der Waals surface area contributed by atoms with E-state index in [0.29, 0.717) is 6.42 Å². The van der Waals surface area contributed by atoms with Crippen LogP contribution in [0, 0.1) is 0 Å². The molecule has 1 aliphatic rings. The van der Waals surface area contributed by atoms with Gasteiger partial charge >= 0.3 is 11.9 Å². The average Bonchev–Trinajstić information content (AvgIpc) is 2.81. The van der Waals surface area contributed by atoms with Crippen LogP contribution < -0.4 is 16.8 Å². The number of carboxylic acids is 1. The van der Waals surface area contributed by atoms with Gasteiger partial charge in [-0.2, -0.15) is 0 Å². The summed E-state index contributed by atoms with van der Waals surface area (Å²) in [5.41, 5.74) is 10.8. The van der Waals surface area contributed by atoms with Crippen molar-refractivity contribution in [3.63, 3.8) is 0 Å². The van der Waals surface area contributed by atoms with E-state index in [9.17, 15) is 29.7 Å². The summed E-state index contributed by atoms with van der Waals surface area (Å²) in [5.74, 6) is -3.43. The van der Waals surface area contributed by atoms with Gasteiger partial charge in [0.15, 0.2) is 5.96 Å². The van der Waals surface area contributed by atoms with E-state index in [4.69, 9.17) is 20.9 Å². The predicted molar refractivity (Wildman–Crippen MR) is 133 cm³/mol. The second-order valence-corrected chi connectivity index (χ2v) is 9.01. The molecule has 1 heterocycles. The number of aliphatic hydroxyl groups is 2. The molecule has 0 aromatic rings. The number of rotatable bonds is 17. The Balaban J connectivity index is 2.61. The Labute approximate surface area is 212 Å². The molecule has 12 heteroatoms. The molecular formula is C24H42N4O8. The largest absolute Gasteiger partial charge is 0.478 e. The van der Waals surface area contributed by atoms with Gasteiger partial charge in [-0.15, -0.1) is 0 Å². The summed E-state index contributed by atoms with van der Waals surface area (Å²) in [7, 11) is 0. The quantitative estimate of drug-likeness (QED) is 0.0692. The zero-order valence-corrected chi connectivity index (χ0v) is 21.2. The van der Waals surface area contributed by atoms with Gasteiger partial charge in [-0.05, 0) is 12.5 Å². The molecule has 4 unspecified atom stereocenters. The number of esters is 1. The molecule has 0 aromatic heterocycles. The number of hydrogen-bond acceptors (Lipinski definition) is 8. The number of aliphatic imine (C=N–C) groups is 1. The molecule has 0 fully saturated rings. The second kappa shape index (κ2) is 16.7. The lowest BCUT2D eigenvalue weighted by Crippen LogP contribution is -2.60. The molecule has 1 amide bonds. The molecule has 1 rings (SSSR count). The Hall–Kier alpha value is -2.86. The van der Waals surface area contributed by atoms with Crippen molar-refractivity contribution < 1.29 is 39.2 Å². The second-order valence-electron chi connectivity index (χ2n) is 9.01. The SMILES string of the molecule is CCCCCCCCCCCC(=O)OCC(O)C(O)[C@@H]1OC(C(=O)O)=CC(N=C(N)N)C1NC(C)=O. The van der Waals surface area contributed by atoms with Gasteiger partial charge in [0.2, 0.25) is 11.7 Å². The number of unbranched alkanes of at least 4 members (excludes halogenated alkanes) is 8. The fourth-order valence-electron chi connectivity index (χ4n) is 3.96. The van der Waals surface area contributed by atoms with E-state index in [0.717, 1.165) is 25.3 Å². The van der Waals surface area contributed by atoms with Gasteiger partial charge in [0.25, 0.3) is 0 Å². The first-order valence-corrected chi connectivity index (χ1v) is 12.6. The van der Waals surface area contributed by atoms with Crippen molar-refractivity contribution in [3.05, 3.63) is 11.8 Å². The summed E-state index contributed by atoms with van der Waals surface area (Å²) in [4.78, 5) is 39.1. The highest BCUT2D eigenvalue weighted by molar-refractivity contribution is 5.85. The van der Waals surface area contributed by atoms with Crippen LogP contribution in [-0.2, 0) is 23.9 Å². The van der Waals surface area contributed by atoms with Gasteiger partial charge in [-0.3, -0.25) is 9.59 Å². The zero-order chi connectivity index (χ0) is 27.1. The third-order valence-electron chi connectivity index (χ3n) is 5.82. The molecule has 1 aliphatic heterocycles. The maximum atomic E-state index is 12.0. The molecule has 0 aromatic carbocycles. The number of aliphatic hydroxyl groups excluding tert-OH is 2. The van der Waals surface area contributed by atoms with Crippen molar-refractivity contribution >= 4 is 23.8 Å². The number of ether oxygens (including phenoxy) is 2. The highest BCUT2D eigenvalue weighted by Gasteiger charge is 2.44. The molecule has 0 radical (unpaired) electrons. The van der Waals surface area contributed by atoms with E-state index < -0.39 is 60.6 Å². The van der Waals surface area contributed by atoms with Crippen molar-refractivity contribution in [2.75, 3.05) is 6.61 Å². The van der Waals surface area contributed by atoms with Crippen LogP contribution in [0.15, 0.2) is 16.8 Å². The van der Waals surface area contributed by atoms with Crippen LogP contribution in [0.25, 0.3) is 0 Å². The van der Waals surface area contributed by atoms with Gasteiger partial charge in [-0.25, -0.2) is 9.79 Å². The number of nitrogens with zero attached hydrogens (tertiary/aromatic N) is 1. The highest BCUT2D eigenvalue weighted by Crippen LogP contribution is 2.25. The molecule has 0 spiro atoms. The molecule has 36 heavy (non-hydrogen) atoms. The smallest absolute Gasteiger partial charge is 0.370 e. The zero-order valence-electron chi connectivity index (χ0n) is 21.2. The minimum Gasteiger partial charge on any atom is -0.478 e. The molecule has 0 saturated heterocycles. The summed E-state index contributed by atoms with van der Waals surface area (Å²) in [6, 6.07) is -2.19. The number of nitrogens with one attached hydrogen (secondary N) is 1. The van der Waals surface area contributed by atoms with Crippen LogP contribution in [0.5, 0.6) is 0 Å². The standard InChI is InChI=1S/C24H42N4O8/c1-3-4-5-6-7-8-9-10-11-12-19(31)35-14-17(30)21(32)22-20(27-15(2)29)16(28-24(25)26)13-18(36-22)23(33)34/h13,16-17,20-22,30,32H,3-12,14H2,1-2H3,(H,27,29)(H,33,34)(H4,25,26,28)/t16?,17?,20?,21?,22-/m1/s1. The van der Waals surface area contributed by atoms with E-state index in [1.807, 2.05) is 0 Å². The van der Waals surface area contributed by atoms with Crippen LogP contribution in [0.4, 0.5) is 0 Å². The lowest BCUT2D eigenvalue weighted by atomic mass is 9.92. The molecule has 5 atom stereocenters. The number of aliphatic carboxylic acids is 1. The number of amides is 1. The maximum Gasteiger partial charge on any atom is 0.370 e. The average molecular weight is 515 g/mol. The first kappa shape index (κ1) is 31.2. The van der Waals surface area contributed by atoms with Gasteiger partial charge in [-0.1, -0.05) is 58.3 Å². The summed E-state index contributed by atoms with van der Waals surface area (Å²) in [5, 5.41) is 33.0. The van der Waals surface area contributed by atoms with E-state index >= 15 is 0 Å². The fourth-order valence-corrected chi connectivity index (χ4v) is 3.96. The number of hydrogen-bond donors (Lipinski definition) is 6. The minimum absolute atomic E-state index is 0.186. The monoisotopic (exact) mass is 514 g/mol. The predicted octanol–water partition coefficient (Wildman–Crippen LogP) is 0.686. The minimum atomic E-state index is -1.73. The van der Waals surface area contributed by atoms with Gasteiger partial charge in [0.05, 0.1) is 12.1 Å². The highest BCUT2D eigenvalue weighted by atomic mass is 16.6. The van der Waals surface area contributed by atoms with Crippen LogP contribution in [0.1, 0.15) is 78.1 Å². The number of carboxylic acid groups (broad SMARTS) is 1. The van der Waals surface area contributed by atoms with E-state index in [1.54, 1.807) is 0 Å². The molecule has 206 valence electrons. The lowest BCUT2D eigenvalue weighted by molar-refractivity contribution is -0.156. The van der Waals surface area contributed by atoms with Crippen molar-refractivity contribution in [3.8, 4) is 0 Å². The van der Waals surface area contributed by atoms with E-state index in [-0.39, 0.29) is 12.4 Å². The van der Waals surface area contributed by atoms with Crippen molar-refractivity contribution in [2.24, 2.45) is 16.5 Å². The third-order valence-corrected chi connectivity index (χ3v) is 5.82. The Morgan fingerprint density at radius 2 is 1.67 bits per heavy atom. The number of carbonyl (C=O) groups is 3. The van der Waals surface area contributed by atoms with Crippen molar-refractivity contribution in [2.45, 2.75) is 108 Å². The molecule has 8 N–H and O–H groups in total. The molecule has 0 saturated carbocycles. The summed E-state index contributed by atoms with van der Waals surface area (Å²) < 4.78 is 10.4. The summed E-state index contributed by atoms with van der Waals surface area (Å²) in [6.07, 6.45) is 6.39. The first-order valence-electron chi connectivity index (χ1n) is 12.6. The van der Waals surface area contributed by atoms with Crippen molar-refractivity contribution in [1.82, 2.24) is 5.32 Å². The molecule has 0 aliphatic carbocycles. The molecular weight excluding hydrogens is 472 g/mol. The third kappa shape index (κ3) is 11.7. The van der Waals surface area contributed by atoms with Crippen LogP contribution in [-0.4, -0.2) is 76.1 Å². The normalized spacial score (nSPS) is 20.9. The van der Waals surface area contributed by atoms with Crippen LogP contribution in [0.3, 0.4) is 0 Å². The Morgan fingerprint density at radius 3 is 2.19 bits per heavy atom. The number of guanidine groups is 1. The van der Waals surface area contributed by atoms with Gasteiger partial charge in [0, 0.05) is 13.3 Å². The Kier molecular flexibility index (Phi) is 14.5.